The molecule has 0 saturated heterocycles. The highest BCUT2D eigenvalue weighted by Gasteiger charge is 2.20. The number of halogens is 1. The molecular weight excluding hydrogens is 494 g/mol. The molecule has 1 saturated carbocycles. The van der Waals surface area contributed by atoms with Crippen LogP contribution in [0.5, 0.6) is 5.75 Å². The van der Waals surface area contributed by atoms with E-state index in [0.29, 0.717) is 43.8 Å². The van der Waals surface area contributed by atoms with Gasteiger partial charge in [-0.15, -0.1) is 0 Å². The zero-order valence-electron chi connectivity index (χ0n) is 19.9. The highest BCUT2D eigenvalue weighted by Crippen LogP contribution is 2.28. The molecule has 0 spiro atoms. The van der Waals surface area contributed by atoms with Crippen LogP contribution in [0.4, 0.5) is 0 Å². The Morgan fingerprint density at radius 2 is 1.86 bits per heavy atom. The van der Waals surface area contributed by atoms with Crippen molar-refractivity contribution < 1.29 is 9.53 Å². The Hall–Kier alpha value is -3.29. The van der Waals surface area contributed by atoms with Gasteiger partial charge < -0.3 is 10.1 Å². The lowest BCUT2D eigenvalue weighted by atomic mass is 10.1. The highest BCUT2D eigenvalue weighted by atomic mass is 35.5. The molecule has 1 heterocycles. The van der Waals surface area contributed by atoms with Gasteiger partial charge in [0.2, 0.25) is 0 Å². The van der Waals surface area contributed by atoms with E-state index in [1.54, 1.807) is 29.9 Å². The molecule has 0 radical (unpaired) electrons. The van der Waals surface area contributed by atoms with Crippen LogP contribution in [0.1, 0.15) is 41.6 Å². The van der Waals surface area contributed by atoms with Gasteiger partial charge in [0.1, 0.15) is 5.75 Å². The van der Waals surface area contributed by atoms with E-state index in [-0.39, 0.29) is 17.5 Å². The first-order valence-corrected chi connectivity index (χ1v) is 13.3. The first-order chi connectivity index (χ1) is 17.5. The SMILES string of the molecule is COc1ccc(-n2c(SCc3ccccc3Cl)nc3cc(C(=O)NC4CCCC4)ccc3c2=O)cc1. The smallest absolute Gasteiger partial charge is 0.266 e. The number of ether oxygens (including phenoxy) is 1. The summed E-state index contributed by atoms with van der Waals surface area (Å²) in [6.07, 6.45) is 4.29. The van der Waals surface area contributed by atoms with Gasteiger partial charge in [-0.05, 0) is 66.9 Å². The Morgan fingerprint density at radius 1 is 1.11 bits per heavy atom. The lowest BCUT2D eigenvalue weighted by Crippen LogP contribution is -2.32. The van der Waals surface area contributed by atoms with Crippen LogP contribution in [0.15, 0.2) is 76.7 Å². The quantitative estimate of drug-likeness (QED) is 0.239. The predicted octanol–water partition coefficient (Wildman–Crippen LogP) is 6.01. The van der Waals surface area contributed by atoms with E-state index in [1.807, 2.05) is 48.5 Å². The number of carbonyl (C=O) groups excluding carboxylic acids is 1. The normalized spacial score (nSPS) is 13.7. The molecule has 5 rings (SSSR count). The van der Waals surface area contributed by atoms with E-state index in [0.717, 1.165) is 31.2 Å². The third-order valence-electron chi connectivity index (χ3n) is 6.44. The van der Waals surface area contributed by atoms with Gasteiger partial charge in [0, 0.05) is 22.4 Å². The second kappa shape index (κ2) is 10.8. The largest absolute Gasteiger partial charge is 0.497 e. The summed E-state index contributed by atoms with van der Waals surface area (Å²) >= 11 is 7.80. The number of fused-ring (bicyclic) bond motifs is 1. The van der Waals surface area contributed by atoms with Crippen LogP contribution in [0, 0.1) is 0 Å². The van der Waals surface area contributed by atoms with Crippen molar-refractivity contribution in [2.75, 3.05) is 7.11 Å². The Balaban J connectivity index is 1.56. The van der Waals surface area contributed by atoms with Crippen LogP contribution in [-0.4, -0.2) is 28.6 Å². The monoisotopic (exact) mass is 519 g/mol. The molecule has 1 aliphatic rings. The molecule has 184 valence electrons. The van der Waals surface area contributed by atoms with E-state index in [1.165, 1.54) is 11.8 Å². The van der Waals surface area contributed by atoms with Crippen LogP contribution >= 0.6 is 23.4 Å². The Labute approximate surface area is 218 Å². The number of amides is 1. The van der Waals surface area contributed by atoms with Crippen molar-refractivity contribution >= 4 is 40.2 Å². The molecule has 0 atom stereocenters. The molecule has 0 bridgehead atoms. The van der Waals surface area contributed by atoms with E-state index in [2.05, 4.69) is 5.32 Å². The van der Waals surface area contributed by atoms with Crippen molar-refractivity contribution in [3.05, 3.63) is 93.2 Å². The molecule has 36 heavy (non-hydrogen) atoms. The molecule has 6 nitrogen and oxygen atoms in total. The summed E-state index contributed by atoms with van der Waals surface area (Å²) in [4.78, 5) is 31.4. The van der Waals surface area contributed by atoms with Crippen LogP contribution in [0.25, 0.3) is 16.6 Å². The van der Waals surface area contributed by atoms with Gasteiger partial charge in [0.15, 0.2) is 5.16 Å². The standard InChI is InChI=1S/C28H26ClN3O3S/c1-35-22-13-11-21(12-14-22)32-27(34)23-15-10-18(26(33)30-20-7-3-4-8-20)16-25(23)31-28(32)36-17-19-6-2-5-9-24(19)29/h2,5-6,9-16,20H,3-4,7-8,17H2,1H3,(H,30,33). The molecule has 1 N–H and O–H groups in total. The minimum atomic E-state index is -0.199. The van der Waals surface area contributed by atoms with Crippen LogP contribution in [-0.2, 0) is 5.75 Å². The average molecular weight is 520 g/mol. The van der Waals surface area contributed by atoms with Crippen molar-refractivity contribution in [3.8, 4) is 11.4 Å². The van der Waals surface area contributed by atoms with Crippen molar-refractivity contribution in [1.29, 1.82) is 0 Å². The van der Waals surface area contributed by atoms with E-state index in [9.17, 15) is 9.59 Å². The van der Waals surface area contributed by atoms with Crippen LogP contribution in [0.3, 0.4) is 0 Å². The third kappa shape index (κ3) is 5.13. The summed E-state index contributed by atoms with van der Waals surface area (Å²) in [5, 5.41) is 4.74. The van der Waals surface area contributed by atoms with Gasteiger partial charge in [-0.2, -0.15) is 0 Å². The maximum Gasteiger partial charge on any atom is 0.266 e. The number of aromatic nitrogens is 2. The van der Waals surface area contributed by atoms with Crippen LogP contribution in [0.2, 0.25) is 5.02 Å². The lowest BCUT2D eigenvalue weighted by Gasteiger charge is -2.15. The molecule has 1 aliphatic carbocycles. The number of hydrogen-bond donors (Lipinski definition) is 1. The third-order valence-corrected chi connectivity index (χ3v) is 7.79. The number of rotatable bonds is 7. The lowest BCUT2D eigenvalue weighted by molar-refractivity contribution is 0.0938. The molecular formula is C28H26ClN3O3S. The summed E-state index contributed by atoms with van der Waals surface area (Å²) in [6, 6.07) is 20.2. The van der Waals surface area contributed by atoms with Crippen molar-refractivity contribution in [2.24, 2.45) is 0 Å². The summed E-state index contributed by atoms with van der Waals surface area (Å²) < 4.78 is 6.88. The first kappa shape index (κ1) is 24.4. The molecule has 0 aliphatic heterocycles. The number of thioether (sulfide) groups is 1. The maximum atomic E-state index is 13.7. The van der Waals surface area contributed by atoms with Crippen molar-refractivity contribution in [1.82, 2.24) is 14.9 Å². The number of benzene rings is 3. The van der Waals surface area contributed by atoms with Gasteiger partial charge >= 0.3 is 0 Å². The van der Waals surface area contributed by atoms with Crippen LogP contribution < -0.4 is 15.6 Å². The molecule has 1 amide bonds. The summed E-state index contributed by atoms with van der Waals surface area (Å²) in [6.45, 7) is 0. The molecule has 1 aromatic heterocycles. The summed E-state index contributed by atoms with van der Waals surface area (Å²) in [5.74, 6) is 1.11. The fourth-order valence-corrected chi connectivity index (χ4v) is 5.76. The maximum absolute atomic E-state index is 13.7. The topological polar surface area (TPSA) is 73.2 Å². The molecule has 4 aromatic rings. The fraction of sp³-hybridized carbons (Fsp3) is 0.250. The van der Waals surface area contributed by atoms with Gasteiger partial charge in [0.05, 0.1) is 23.7 Å². The van der Waals surface area contributed by atoms with Crippen molar-refractivity contribution in [3.63, 3.8) is 0 Å². The zero-order chi connectivity index (χ0) is 25.1. The van der Waals surface area contributed by atoms with Crippen molar-refractivity contribution in [2.45, 2.75) is 42.6 Å². The molecule has 8 heteroatoms. The Bertz CT molecular complexity index is 1460. The average Bonchev–Trinajstić information content (AvgIpc) is 3.41. The Morgan fingerprint density at radius 3 is 2.58 bits per heavy atom. The number of nitrogens with zero attached hydrogens (tertiary/aromatic N) is 2. The van der Waals surface area contributed by atoms with Gasteiger partial charge in [0.25, 0.3) is 11.5 Å². The van der Waals surface area contributed by atoms with Gasteiger partial charge in [-0.25, -0.2) is 4.98 Å². The molecule has 3 aromatic carbocycles. The summed E-state index contributed by atoms with van der Waals surface area (Å²) in [7, 11) is 1.60. The van der Waals surface area contributed by atoms with E-state index < -0.39 is 0 Å². The second-order valence-electron chi connectivity index (χ2n) is 8.80. The molecule has 0 unspecified atom stereocenters. The zero-order valence-corrected chi connectivity index (χ0v) is 21.4. The van der Waals surface area contributed by atoms with Gasteiger partial charge in [-0.3, -0.25) is 14.2 Å². The van der Waals surface area contributed by atoms with E-state index >= 15 is 0 Å². The highest BCUT2D eigenvalue weighted by molar-refractivity contribution is 7.98. The van der Waals surface area contributed by atoms with E-state index in [4.69, 9.17) is 21.3 Å². The second-order valence-corrected chi connectivity index (χ2v) is 10.1. The fourth-order valence-electron chi connectivity index (χ4n) is 4.46. The number of nitrogens with one attached hydrogen (secondary N) is 1. The number of carbonyl (C=O) groups is 1. The minimum Gasteiger partial charge on any atom is -0.497 e. The minimum absolute atomic E-state index is 0.129. The molecule has 1 fully saturated rings. The number of methoxy groups -OCH3 is 1. The summed E-state index contributed by atoms with van der Waals surface area (Å²) in [5.41, 5.74) is 2.43. The first-order valence-electron chi connectivity index (χ1n) is 11.9. The van der Waals surface area contributed by atoms with Gasteiger partial charge in [-0.1, -0.05) is 54.4 Å². The number of hydrogen-bond acceptors (Lipinski definition) is 5. The Kier molecular flexibility index (Phi) is 7.30. The predicted molar refractivity (Wildman–Crippen MR) is 145 cm³/mol.